The van der Waals surface area contributed by atoms with E-state index in [1.54, 1.807) is 6.20 Å². The van der Waals surface area contributed by atoms with Crippen LogP contribution in [-0.2, 0) is 11.3 Å². The third-order valence-corrected chi connectivity index (χ3v) is 5.05. The lowest BCUT2D eigenvalue weighted by molar-refractivity contribution is 0.0678. The summed E-state index contributed by atoms with van der Waals surface area (Å²) < 4.78 is 11.3. The number of nitrogens with zero attached hydrogens (tertiary/aromatic N) is 2. The Kier molecular flexibility index (Phi) is 6.05. The first kappa shape index (κ1) is 19.0. The Morgan fingerprint density at radius 3 is 2.45 bits per heavy atom. The summed E-state index contributed by atoms with van der Waals surface area (Å²) in [6, 6.07) is 23.1. The van der Waals surface area contributed by atoms with Crippen molar-refractivity contribution < 1.29 is 14.3 Å². The van der Waals surface area contributed by atoms with E-state index in [9.17, 15) is 4.79 Å². The molecule has 0 saturated carbocycles. The highest BCUT2D eigenvalue weighted by Gasteiger charge is 2.29. The Labute approximate surface area is 170 Å². The molecule has 0 unspecified atom stereocenters. The first-order valence-corrected chi connectivity index (χ1v) is 9.96. The number of ether oxygens (including phenoxy) is 2. The van der Waals surface area contributed by atoms with E-state index in [0.717, 1.165) is 36.1 Å². The molecule has 2 aromatic carbocycles. The highest BCUT2D eigenvalue weighted by atomic mass is 16.6. The molecule has 5 nitrogen and oxygen atoms in total. The van der Waals surface area contributed by atoms with Crippen LogP contribution >= 0.6 is 0 Å². The van der Waals surface area contributed by atoms with Gasteiger partial charge in [-0.2, -0.15) is 0 Å². The molecule has 1 aromatic heterocycles. The minimum atomic E-state index is -0.275. The van der Waals surface area contributed by atoms with E-state index in [0.29, 0.717) is 12.4 Å². The van der Waals surface area contributed by atoms with E-state index in [1.165, 1.54) is 0 Å². The third kappa shape index (κ3) is 4.93. The minimum absolute atomic E-state index is 0.0229. The van der Waals surface area contributed by atoms with Gasteiger partial charge in [-0.25, -0.2) is 9.78 Å². The number of benzene rings is 2. The van der Waals surface area contributed by atoms with Gasteiger partial charge in [0, 0.05) is 18.8 Å². The first-order valence-electron chi connectivity index (χ1n) is 9.96. The van der Waals surface area contributed by atoms with Crippen LogP contribution in [0.25, 0.3) is 0 Å². The Balaban J connectivity index is 1.42. The second-order valence-corrected chi connectivity index (χ2v) is 7.09. The fraction of sp³-hybridized carbons (Fsp3) is 0.250. The lowest BCUT2D eigenvalue weighted by Crippen LogP contribution is -2.38. The number of aromatic nitrogens is 1. The zero-order chi connectivity index (χ0) is 19.9. The van der Waals surface area contributed by atoms with E-state index in [-0.39, 0.29) is 18.7 Å². The SMILES string of the molecule is O=C(OCc1ccccc1)N1CCCC[C@@H]1c1ccc(Oc2ccccc2)nc1. The number of hydrogen-bond donors (Lipinski definition) is 0. The van der Waals surface area contributed by atoms with Crippen LogP contribution in [0, 0.1) is 0 Å². The van der Waals surface area contributed by atoms with Crippen molar-refractivity contribution in [1.82, 2.24) is 9.88 Å². The van der Waals surface area contributed by atoms with Gasteiger partial charge in [0.05, 0.1) is 6.04 Å². The molecule has 0 radical (unpaired) electrons. The molecule has 1 atom stereocenters. The van der Waals surface area contributed by atoms with Gasteiger partial charge in [-0.3, -0.25) is 0 Å². The lowest BCUT2D eigenvalue weighted by atomic mass is 9.97. The van der Waals surface area contributed by atoms with Gasteiger partial charge in [0.2, 0.25) is 5.88 Å². The predicted octanol–water partition coefficient (Wildman–Crippen LogP) is 5.74. The van der Waals surface area contributed by atoms with Crippen LogP contribution < -0.4 is 4.74 Å². The van der Waals surface area contributed by atoms with E-state index in [2.05, 4.69) is 4.98 Å². The molecular formula is C24H24N2O3. The van der Waals surface area contributed by atoms with Crippen LogP contribution in [0.2, 0.25) is 0 Å². The van der Waals surface area contributed by atoms with Crippen molar-refractivity contribution in [1.29, 1.82) is 0 Å². The van der Waals surface area contributed by atoms with Crippen LogP contribution in [-0.4, -0.2) is 22.5 Å². The summed E-state index contributed by atoms with van der Waals surface area (Å²) in [6.07, 6.45) is 4.49. The number of pyridine rings is 1. The van der Waals surface area contributed by atoms with Gasteiger partial charge in [-0.05, 0) is 42.5 Å². The summed E-state index contributed by atoms with van der Waals surface area (Å²) >= 11 is 0. The third-order valence-electron chi connectivity index (χ3n) is 5.05. The summed E-state index contributed by atoms with van der Waals surface area (Å²) in [7, 11) is 0. The number of hydrogen-bond acceptors (Lipinski definition) is 4. The van der Waals surface area contributed by atoms with Crippen molar-refractivity contribution in [2.45, 2.75) is 31.9 Å². The number of carbonyl (C=O) groups is 1. The van der Waals surface area contributed by atoms with E-state index in [1.807, 2.05) is 77.7 Å². The average molecular weight is 388 g/mol. The standard InChI is InChI=1S/C24H24N2O3/c27-24(28-18-19-9-3-1-4-10-19)26-16-8-7-13-22(26)20-14-15-23(25-17-20)29-21-11-5-2-6-12-21/h1-6,9-12,14-15,17,22H,7-8,13,16,18H2/t22-/m1/s1. The van der Waals surface area contributed by atoms with Crippen LogP contribution in [0.1, 0.15) is 36.4 Å². The van der Waals surface area contributed by atoms with Gasteiger partial charge in [-0.1, -0.05) is 54.6 Å². The molecule has 2 heterocycles. The maximum absolute atomic E-state index is 12.7. The maximum Gasteiger partial charge on any atom is 0.410 e. The molecule has 3 aromatic rings. The van der Waals surface area contributed by atoms with Crippen molar-refractivity contribution in [3.63, 3.8) is 0 Å². The molecular weight excluding hydrogens is 364 g/mol. The van der Waals surface area contributed by atoms with Crippen LogP contribution in [0.5, 0.6) is 11.6 Å². The molecule has 1 aliphatic rings. The van der Waals surface area contributed by atoms with Crippen LogP contribution in [0.15, 0.2) is 79.0 Å². The van der Waals surface area contributed by atoms with Gasteiger partial charge in [-0.15, -0.1) is 0 Å². The summed E-state index contributed by atoms with van der Waals surface area (Å²) in [6.45, 7) is 0.978. The first-order chi connectivity index (χ1) is 14.3. The van der Waals surface area contributed by atoms with Crippen molar-refractivity contribution in [2.24, 2.45) is 0 Å². The Hall–Kier alpha value is -3.34. The molecule has 0 spiro atoms. The molecule has 4 rings (SSSR count). The van der Waals surface area contributed by atoms with Crippen molar-refractivity contribution in [3.8, 4) is 11.6 Å². The number of rotatable bonds is 5. The molecule has 0 N–H and O–H groups in total. The molecule has 1 fully saturated rings. The highest BCUT2D eigenvalue weighted by Crippen LogP contribution is 2.32. The number of carbonyl (C=O) groups excluding carboxylic acids is 1. The van der Waals surface area contributed by atoms with Gasteiger partial charge in [0.25, 0.3) is 0 Å². The van der Waals surface area contributed by atoms with E-state index in [4.69, 9.17) is 9.47 Å². The highest BCUT2D eigenvalue weighted by molar-refractivity contribution is 5.68. The molecule has 1 aliphatic heterocycles. The van der Waals surface area contributed by atoms with Crippen LogP contribution in [0.3, 0.4) is 0 Å². The largest absolute Gasteiger partial charge is 0.445 e. The Morgan fingerprint density at radius 2 is 1.72 bits per heavy atom. The predicted molar refractivity (Wildman–Crippen MR) is 111 cm³/mol. The monoisotopic (exact) mass is 388 g/mol. The number of piperidine rings is 1. The smallest absolute Gasteiger partial charge is 0.410 e. The van der Waals surface area contributed by atoms with Crippen molar-refractivity contribution >= 4 is 6.09 Å². The van der Waals surface area contributed by atoms with E-state index >= 15 is 0 Å². The second-order valence-electron chi connectivity index (χ2n) is 7.09. The van der Waals surface area contributed by atoms with Gasteiger partial charge in [0.15, 0.2) is 0 Å². The Morgan fingerprint density at radius 1 is 0.966 bits per heavy atom. The second kappa shape index (κ2) is 9.24. The van der Waals surface area contributed by atoms with Gasteiger partial charge >= 0.3 is 6.09 Å². The summed E-state index contributed by atoms with van der Waals surface area (Å²) in [5.41, 5.74) is 1.99. The zero-order valence-corrected chi connectivity index (χ0v) is 16.2. The lowest BCUT2D eigenvalue weighted by Gasteiger charge is -2.35. The zero-order valence-electron chi connectivity index (χ0n) is 16.2. The fourth-order valence-corrected chi connectivity index (χ4v) is 3.56. The molecule has 0 bridgehead atoms. The molecule has 0 aliphatic carbocycles. The molecule has 148 valence electrons. The van der Waals surface area contributed by atoms with Gasteiger partial charge in [0.1, 0.15) is 12.4 Å². The number of amides is 1. The number of para-hydroxylation sites is 1. The average Bonchev–Trinajstić information content (AvgIpc) is 2.79. The van der Waals surface area contributed by atoms with Crippen molar-refractivity contribution in [3.05, 3.63) is 90.1 Å². The molecule has 1 saturated heterocycles. The Bertz CT molecular complexity index is 914. The maximum atomic E-state index is 12.7. The molecule has 29 heavy (non-hydrogen) atoms. The number of likely N-dealkylation sites (tertiary alicyclic amines) is 1. The fourth-order valence-electron chi connectivity index (χ4n) is 3.56. The van der Waals surface area contributed by atoms with Crippen molar-refractivity contribution in [2.75, 3.05) is 6.54 Å². The molecule has 1 amide bonds. The normalized spacial score (nSPS) is 16.3. The molecule has 5 heteroatoms. The van der Waals surface area contributed by atoms with E-state index < -0.39 is 0 Å². The summed E-state index contributed by atoms with van der Waals surface area (Å²) in [5, 5.41) is 0. The summed E-state index contributed by atoms with van der Waals surface area (Å²) in [5.74, 6) is 1.28. The van der Waals surface area contributed by atoms with Crippen LogP contribution in [0.4, 0.5) is 4.79 Å². The van der Waals surface area contributed by atoms with Gasteiger partial charge < -0.3 is 14.4 Å². The topological polar surface area (TPSA) is 51.7 Å². The minimum Gasteiger partial charge on any atom is -0.445 e. The quantitative estimate of drug-likeness (QED) is 0.559. The summed E-state index contributed by atoms with van der Waals surface area (Å²) in [4.78, 5) is 19.0.